The lowest BCUT2D eigenvalue weighted by atomic mass is 10.2. The maximum absolute atomic E-state index is 5.34. The third-order valence-corrected chi connectivity index (χ3v) is 3.29. The number of anilines is 1. The highest BCUT2D eigenvalue weighted by Gasteiger charge is 2.10. The molecule has 0 saturated carbocycles. The van der Waals surface area contributed by atoms with Crippen molar-refractivity contribution in [2.75, 3.05) is 46.7 Å². The number of nitrogens with one attached hydrogen (secondary N) is 2. The average molecular weight is 291 g/mol. The van der Waals surface area contributed by atoms with E-state index in [9.17, 15) is 0 Å². The number of quaternary nitrogens is 1. The second-order valence-electron chi connectivity index (χ2n) is 5.18. The van der Waals surface area contributed by atoms with Gasteiger partial charge in [0.05, 0.1) is 40.4 Å². The molecule has 21 heavy (non-hydrogen) atoms. The summed E-state index contributed by atoms with van der Waals surface area (Å²) in [4.78, 5) is 10.1. The molecular weight excluding hydrogens is 268 g/mol. The fourth-order valence-corrected chi connectivity index (χ4v) is 2.17. The van der Waals surface area contributed by atoms with E-state index in [1.807, 2.05) is 12.1 Å². The molecule has 0 unspecified atom stereocenters. The Labute approximate surface area is 125 Å². The number of hydrogen-bond acceptors (Lipinski definition) is 5. The van der Waals surface area contributed by atoms with Crippen LogP contribution in [0.3, 0.4) is 0 Å². The maximum Gasteiger partial charge on any atom is 0.162 e. The van der Waals surface area contributed by atoms with Gasteiger partial charge in [-0.25, -0.2) is 9.97 Å². The van der Waals surface area contributed by atoms with E-state index in [-0.39, 0.29) is 0 Å². The summed E-state index contributed by atoms with van der Waals surface area (Å²) in [5, 5.41) is 4.31. The fraction of sp³-hybridized carbons (Fsp3) is 0.467. The smallest absolute Gasteiger partial charge is 0.162 e. The summed E-state index contributed by atoms with van der Waals surface area (Å²) in [6.45, 7) is 2.00. The first-order valence-electron chi connectivity index (χ1n) is 7.05. The summed E-state index contributed by atoms with van der Waals surface area (Å²) in [6.07, 6.45) is 2.65. The highest BCUT2D eigenvalue weighted by Crippen LogP contribution is 2.33. The minimum absolute atomic E-state index is 0.672. The number of ether oxygens (including phenoxy) is 2. The molecule has 1 aromatic heterocycles. The van der Waals surface area contributed by atoms with E-state index < -0.39 is 0 Å². The van der Waals surface area contributed by atoms with Crippen molar-refractivity contribution >= 4 is 16.7 Å². The van der Waals surface area contributed by atoms with Crippen molar-refractivity contribution in [3.8, 4) is 11.5 Å². The zero-order valence-corrected chi connectivity index (χ0v) is 13.1. The summed E-state index contributed by atoms with van der Waals surface area (Å²) < 4.78 is 10.6. The molecule has 1 aromatic carbocycles. The lowest BCUT2D eigenvalue weighted by Crippen LogP contribution is -3.05. The quantitative estimate of drug-likeness (QED) is 0.731. The molecule has 0 bridgehead atoms. The number of hydrogen-bond donors (Lipinski definition) is 2. The van der Waals surface area contributed by atoms with Gasteiger partial charge in [0.1, 0.15) is 12.1 Å². The summed E-state index contributed by atoms with van der Waals surface area (Å²) in [6, 6.07) is 3.78. The predicted octanol–water partition coefficient (Wildman–Crippen LogP) is 0.594. The van der Waals surface area contributed by atoms with Crippen molar-refractivity contribution in [3.05, 3.63) is 18.5 Å². The molecule has 0 amide bonds. The van der Waals surface area contributed by atoms with E-state index in [2.05, 4.69) is 29.4 Å². The van der Waals surface area contributed by atoms with E-state index in [1.54, 1.807) is 20.5 Å². The van der Waals surface area contributed by atoms with Crippen LogP contribution in [0.4, 0.5) is 5.82 Å². The zero-order valence-electron chi connectivity index (χ0n) is 13.1. The van der Waals surface area contributed by atoms with Crippen molar-refractivity contribution in [2.24, 2.45) is 0 Å². The molecule has 1 heterocycles. The van der Waals surface area contributed by atoms with Crippen LogP contribution in [0, 0.1) is 0 Å². The Hall–Kier alpha value is -2.08. The summed E-state index contributed by atoms with van der Waals surface area (Å²) in [5.74, 6) is 2.18. The molecule has 0 aliphatic heterocycles. The van der Waals surface area contributed by atoms with Gasteiger partial charge in [-0.15, -0.1) is 0 Å². The summed E-state index contributed by atoms with van der Waals surface area (Å²) in [7, 11) is 7.54. The van der Waals surface area contributed by atoms with Crippen molar-refractivity contribution in [1.29, 1.82) is 0 Å². The van der Waals surface area contributed by atoms with Gasteiger partial charge >= 0.3 is 0 Å². The van der Waals surface area contributed by atoms with Gasteiger partial charge in [0.25, 0.3) is 0 Å². The molecule has 6 nitrogen and oxygen atoms in total. The van der Waals surface area contributed by atoms with Gasteiger partial charge in [-0.3, -0.25) is 0 Å². The van der Waals surface area contributed by atoms with Gasteiger partial charge in [0.2, 0.25) is 0 Å². The number of fused-ring (bicyclic) bond motifs is 1. The number of rotatable bonds is 7. The molecule has 2 aromatic rings. The summed E-state index contributed by atoms with van der Waals surface area (Å²) in [5.41, 5.74) is 0.836. The Kier molecular flexibility index (Phi) is 5.16. The second-order valence-corrected chi connectivity index (χ2v) is 5.18. The van der Waals surface area contributed by atoms with Crippen LogP contribution in [0.2, 0.25) is 0 Å². The molecule has 0 aliphatic rings. The van der Waals surface area contributed by atoms with Crippen molar-refractivity contribution < 1.29 is 14.4 Å². The van der Waals surface area contributed by atoms with Crippen LogP contribution in [0.1, 0.15) is 6.42 Å². The van der Waals surface area contributed by atoms with Gasteiger partial charge in [0, 0.05) is 24.4 Å². The molecule has 0 radical (unpaired) electrons. The third-order valence-electron chi connectivity index (χ3n) is 3.29. The van der Waals surface area contributed by atoms with Gasteiger partial charge in [-0.05, 0) is 6.07 Å². The van der Waals surface area contributed by atoms with E-state index in [0.29, 0.717) is 11.5 Å². The Bertz CT molecular complexity index is 601. The van der Waals surface area contributed by atoms with Crippen LogP contribution in [-0.2, 0) is 0 Å². The Morgan fingerprint density at radius 3 is 2.48 bits per heavy atom. The minimum atomic E-state index is 0.672. The lowest BCUT2D eigenvalue weighted by molar-refractivity contribution is -0.858. The molecule has 0 saturated heterocycles. The SMILES string of the molecule is COc1cc2ncnc(NCCC[NH+](C)C)c2cc1OC. The van der Waals surface area contributed by atoms with Crippen LogP contribution in [-0.4, -0.2) is 51.4 Å². The molecule has 0 atom stereocenters. The van der Waals surface area contributed by atoms with Crippen LogP contribution in [0.5, 0.6) is 11.5 Å². The highest BCUT2D eigenvalue weighted by molar-refractivity contribution is 5.91. The van der Waals surface area contributed by atoms with Crippen molar-refractivity contribution in [3.63, 3.8) is 0 Å². The number of aromatic nitrogens is 2. The monoisotopic (exact) mass is 291 g/mol. The molecule has 0 fully saturated rings. The van der Waals surface area contributed by atoms with Crippen LogP contribution in [0.25, 0.3) is 10.9 Å². The average Bonchev–Trinajstić information content (AvgIpc) is 2.49. The Morgan fingerprint density at radius 1 is 1.10 bits per heavy atom. The standard InChI is InChI=1S/C15H22N4O2/c1-19(2)7-5-6-16-15-11-8-13(20-3)14(21-4)9-12(11)17-10-18-15/h8-10H,5-7H2,1-4H3,(H,16,17,18)/p+1. The van der Waals surface area contributed by atoms with Crippen molar-refractivity contribution in [1.82, 2.24) is 9.97 Å². The van der Waals surface area contributed by atoms with E-state index >= 15 is 0 Å². The van der Waals surface area contributed by atoms with Crippen molar-refractivity contribution in [2.45, 2.75) is 6.42 Å². The first-order valence-corrected chi connectivity index (χ1v) is 7.05. The molecule has 0 spiro atoms. The largest absolute Gasteiger partial charge is 0.493 e. The number of nitrogens with zero attached hydrogens (tertiary/aromatic N) is 2. The first-order chi connectivity index (χ1) is 10.2. The van der Waals surface area contributed by atoms with Gasteiger partial charge < -0.3 is 19.7 Å². The van der Waals surface area contributed by atoms with Gasteiger partial charge in [-0.1, -0.05) is 0 Å². The summed E-state index contributed by atoms with van der Waals surface area (Å²) >= 11 is 0. The van der Waals surface area contributed by atoms with E-state index in [1.165, 1.54) is 4.90 Å². The first kappa shape index (κ1) is 15.3. The normalized spacial score (nSPS) is 10.9. The van der Waals surface area contributed by atoms with Gasteiger partial charge in [0.15, 0.2) is 11.5 Å². The third kappa shape index (κ3) is 3.72. The molecule has 0 aliphatic carbocycles. The molecule has 114 valence electrons. The van der Waals surface area contributed by atoms with Crippen LogP contribution < -0.4 is 19.7 Å². The Balaban J connectivity index is 2.23. The van der Waals surface area contributed by atoms with Crippen LogP contribution >= 0.6 is 0 Å². The highest BCUT2D eigenvalue weighted by atomic mass is 16.5. The molecule has 6 heteroatoms. The van der Waals surface area contributed by atoms with E-state index in [4.69, 9.17) is 9.47 Å². The van der Waals surface area contributed by atoms with Gasteiger partial charge in [-0.2, -0.15) is 0 Å². The molecule has 2 N–H and O–H groups in total. The second kappa shape index (κ2) is 7.08. The number of methoxy groups -OCH3 is 2. The zero-order chi connectivity index (χ0) is 15.2. The fourth-order valence-electron chi connectivity index (χ4n) is 2.17. The molecular formula is C15H23N4O2+. The topological polar surface area (TPSA) is 60.7 Å². The lowest BCUT2D eigenvalue weighted by Gasteiger charge is -2.12. The van der Waals surface area contributed by atoms with E-state index in [0.717, 1.165) is 36.2 Å². The number of benzene rings is 1. The minimum Gasteiger partial charge on any atom is -0.493 e. The van der Waals surface area contributed by atoms with Crippen LogP contribution in [0.15, 0.2) is 18.5 Å². The molecule has 2 rings (SSSR count). The maximum atomic E-state index is 5.34. The predicted molar refractivity (Wildman–Crippen MR) is 83.4 cm³/mol. The Morgan fingerprint density at radius 2 is 1.81 bits per heavy atom.